The molecule has 68 valence electrons. The van der Waals surface area contributed by atoms with Gasteiger partial charge in [-0.1, -0.05) is 4.98 Å². The second kappa shape index (κ2) is 2.80. The maximum absolute atomic E-state index is 4.26. The Morgan fingerprint density at radius 3 is 3.00 bits per heavy atom. The fourth-order valence-corrected chi connectivity index (χ4v) is 1.65. The van der Waals surface area contributed by atoms with Crippen molar-refractivity contribution in [2.75, 3.05) is 0 Å². The van der Waals surface area contributed by atoms with Crippen LogP contribution in [0, 0.1) is 6.92 Å². The van der Waals surface area contributed by atoms with E-state index in [1.54, 1.807) is 6.33 Å². The van der Waals surface area contributed by atoms with Gasteiger partial charge in [0, 0.05) is 6.92 Å². The molecule has 2 aromatic heterocycles. The molecular weight excluding hydrogens is 164 g/mol. The lowest BCUT2D eigenvalue weighted by molar-refractivity contribution is -0.676. The Kier molecular flexibility index (Phi) is 1.76. The van der Waals surface area contributed by atoms with Crippen molar-refractivity contribution in [1.82, 2.24) is 14.5 Å². The van der Waals surface area contributed by atoms with E-state index in [2.05, 4.69) is 32.9 Å². The standard InChI is InChI=1S/C9H13N4/c1-4-13-7(2)12(3)8-5-10-6-11-9(8)13/h5-6H,4H2,1-3H3/q+1. The number of hydrogen-bond acceptors (Lipinski definition) is 2. The number of hydrogen-bond donors (Lipinski definition) is 0. The molecule has 0 aromatic carbocycles. The molecule has 0 aliphatic carbocycles. The summed E-state index contributed by atoms with van der Waals surface area (Å²) in [4.78, 5) is 8.28. The molecule has 0 aliphatic heterocycles. The Labute approximate surface area is 76.9 Å². The number of rotatable bonds is 1. The van der Waals surface area contributed by atoms with E-state index >= 15 is 0 Å². The van der Waals surface area contributed by atoms with E-state index in [1.165, 1.54) is 5.82 Å². The summed E-state index contributed by atoms with van der Waals surface area (Å²) in [5.41, 5.74) is 2.10. The Balaban J connectivity index is 2.90. The van der Waals surface area contributed by atoms with Crippen LogP contribution in [0.15, 0.2) is 12.5 Å². The van der Waals surface area contributed by atoms with Gasteiger partial charge in [-0.05, 0) is 6.92 Å². The molecule has 4 nitrogen and oxygen atoms in total. The number of fused-ring (bicyclic) bond motifs is 1. The molecular formula is C9H13N4+. The molecule has 2 rings (SSSR count). The quantitative estimate of drug-likeness (QED) is 0.597. The smallest absolute Gasteiger partial charge is 0.259 e. The van der Waals surface area contributed by atoms with Gasteiger partial charge in [-0.25, -0.2) is 9.55 Å². The van der Waals surface area contributed by atoms with Gasteiger partial charge in [0.2, 0.25) is 5.82 Å². The van der Waals surface area contributed by atoms with Crippen LogP contribution in [0.25, 0.3) is 11.2 Å². The number of nitrogens with zero attached hydrogens (tertiary/aromatic N) is 4. The van der Waals surface area contributed by atoms with Crippen LogP contribution in [0.4, 0.5) is 0 Å². The van der Waals surface area contributed by atoms with Crippen molar-refractivity contribution in [2.45, 2.75) is 20.4 Å². The van der Waals surface area contributed by atoms with E-state index < -0.39 is 0 Å². The van der Waals surface area contributed by atoms with Crippen LogP contribution in [0.5, 0.6) is 0 Å². The highest BCUT2D eigenvalue weighted by Gasteiger charge is 2.17. The summed E-state index contributed by atoms with van der Waals surface area (Å²) in [5.74, 6) is 1.21. The zero-order valence-corrected chi connectivity index (χ0v) is 8.15. The summed E-state index contributed by atoms with van der Waals surface area (Å²) in [6.07, 6.45) is 3.44. The summed E-state index contributed by atoms with van der Waals surface area (Å²) in [6, 6.07) is 0. The molecule has 0 saturated heterocycles. The van der Waals surface area contributed by atoms with E-state index in [0.717, 1.165) is 17.7 Å². The zero-order chi connectivity index (χ0) is 9.42. The molecule has 2 aromatic rings. The molecule has 2 heterocycles. The van der Waals surface area contributed by atoms with E-state index in [0.29, 0.717) is 0 Å². The second-order valence-corrected chi connectivity index (χ2v) is 3.08. The lowest BCUT2D eigenvalue weighted by Gasteiger charge is -1.93. The van der Waals surface area contributed by atoms with Gasteiger partial charge in [0.1, 0.15) is 0 Å². The third-order valence-corrected chi connectivity index (χ3v) is 2.48. The number of imidazole rings is 1. The van der Waals surface area contributed by atoms with Crippen LogP contribution in [0.2, 0.25) is 0 Å². The lowest BCUT2D eigenvalue weighted by Crippen LogP contribution is -2.35. The number of aryl methyl sites for hydroxylation is 2. The maximum Gasteiger partial charge on any atom is 0.305 e. The molecule has 0 aliphatic rings. The molecule has 0 amide bonds. The molecule has 0 bridgehead atoms. The minimum atomic E-state index is 0.945. The van der Waals surface area contributed by atoms with Crippen molar-refractivity contribution in [2.24, 2.45) is 7.05 Å². The Morgan fingerprint density at radius 2 is 2.31 bits per heavy atom. The third-order valence-electron chi connectivity index (χ3n) is 2.48. The molecule has 13 heavy (non-hydrogen) atoms. The van der Waals surface area contributed by atoms with E-state index in [9.17, 15) is 0 Å². The average molecular weight is 177 g/mol. The fourth-order valence-electron chi connectivity index (χ4n) is 1.65. The molecule has 0 spiro atoms. The molecule has 0 fully saturated rings. The van der Waals surface area contributed by atoms with Gasteiger partial charge in [0.15, 0.2) is 11.8 Å². The van der Waals surface area contributed by atoms with Gasteiger partial charge in [-0.2, -0.15) is 0 Å². The van der Waals surface area contributed by atoms with Crippen molar-refractivity contribution in [3.05, 3.63) is 18.3 Å². The van der Waals surface area contributed by atoms with Gasteiger partial charge in [-0.15, -0.1) is 0 Å². The monoisotopic (exact) mass is 177 g/mol. The summed E-state index contributed by atoms with van der Waals surface area (Å²) in [5, 5.41) is 0. The Hall–Kier alpha value is -1.45. The summed E-state index contributed by atoms with van der Waals surface area (Å²) >= 11 is 0. The van der Waals surface area contributed by atoms with Crippen LogP contribution < -0.4 is 4.57 Å². The van der Waals surface area contributed by atoms with E-state index in [-0.39, 0.29) is 0 Å². The largest absolute Gasteiger partial charge is 0.305 e. The van der Waals surface area contributed by atoms with Crippen LogP contribution >= 0.6 is 0 Å². The fraction of sp³-hybridized carbons (Fsp3) is 0.444. The highest BCUT2D eigenvalue weighted by atomic mass is 15.2. The van der Waals surface area contributed by atoms with Gasteiger partial charge in [-0.3, -0.25) is 4.57 Å². The minimum absolute atomic E-state index is 0.945. The van der Waals surface area contributed by atoms with Crippen LogP contribution in [0.1, 0.15) is 12.7 Å². The zero-order valence-electron chi connectivity index (χ0n) is 8.15. The third kappa shape index (κ3) is 1.02. The summed E-state index contributed by atoms with van der Waals surface area (Å²) in [7, 11) is 2.03. The first-order valence-electron chi connectivity index (χ1n) is 4.40. The summed E-state index contributed by atoms with van der Waals surface area (Å²) in [6.45, 7) is 5.15. The lowest BCUT2D eigenvalue weighted by atomic mass is 10.5. The Morgan fingerprint density at radius 1 is 1.54 bits per heavy atom. The number of aromatic nitrogens is 4. The van der Waals surface area contributed by atoms with Crippen molar-refractivity contribution < 1.29 is 4.57 Å². The van der Waals surface area contributed by atoms with Crippen LogP contribution in [-0.4, -0.2) is 14.5 Å². The molecule has 0 unspecified atom stereocenters. The highest BCUT2D eigenvalue weighted by molar-refractivity contribution is 5.65. The first kappa shape index (κ1) is 8.16. The first-order chi connectivity index (χ1) is 6.25. The van der Waals surface area contributed by atoms with Gasteiger partial charge < -0.3 is 0 Å². The topological polar surface area (TPSA) is 34.6 Å². The minimum Gasteiger partial charge on any atom is -0.259 e. The van der Waals surface area contributed by atoms with Crippen molar-refractivity contribution in [1.29, 1.82) is 0 Å². The Bertz CT molecular complexity index is 444. The van der Waals surface area contributed by atoms with Crippen LogP contribution in [-0.2, 0) is 13.6 Å². The predicted octanol–water partition coefficient (Wildman–Crippen LogP) is 0.584. The second-order valence-electron chi connectivity index (χ2n) is 3.08. The molecule has 0 saturated carbocycles. The van der Waals surface area contributed by atoms with Gasteiger partial charge in [0.25, 0.3) is 0 Å². The normalized spacial score (nSPS) is 11.0. The van der Waals surface area contributed by atoms with Gasteiger partial charge in [0.05, 0.1) is 19.8 Å². The summed E-state index contributed by atoms with van der Waals surface area (Å²) < 4.78 is 4.29. The van der Waals surface area contributed by atoms with Crippen molar-refractivity contribution in [3.63, 3.8) is 0 Å². The van der Waals surface area contributed by atoms with Gasteiger partial charge >= 0.3 is 5.65 Å². The SMILES string of the molecule is CC[n+]1c(C)n(C)c2cncnc21. The molecule has 4 heteroatoms. The molecule has 0 N–H and O–H groups in total. The van der Waals surface area contributed by atoms with Crippen molar-refractivity contribution >= 4 is 11.2 Å². The van der Waals surface area contributed by atoms with Crippen molar-refractivity contribution in [3.8, 4) is 0 Å². The average Bonchev–Trinajstić information content (AvgIpc) is 2.41. The predicted molar refractivity (Wildman–Crippen MR) is 49.1 cm³/mol. The molecule has 0 radical (unpaired) electrons. The maximum atomic E-state index is 4.26. The first-order valence-corrected chi connectivity index (χ1v) is 4.40. The van der Waals surface area contributed by atoms with E-state index in [1.807, 2.05) is 13.2 Å². The molecule has 0 atom stereocenters. The highest BCUT2D eigenvalue weighted by Crippen LogP contribution is 2.07. The van der Waals surface area contributed by atoms with E-state index in [4.69, 9.17) is 0 Å². The van der Waals surface area contributed by atoms with Crippen LogP contribution in [0.3, 0.4) is 0 Å².